The minimum Gasteiger partial charge on any atom is -0.716 e. The van der Waals surface area contributed by atoms with Crippen LogP contribution in [-0.2, 0) is 15.8 Å². The monoisotopic (exact) mass is 342 g/mol. The molecule has 7 heteroatoms. The van der Waals surface area contributed by atoms with E-state index in [0.717, 1.165) is 11.1 Å². The molecule has 0 fully saturated rings. The van der Waals surface area contributed by atoms with Crippen LogP contribution in [0.4, 0.5) is 0 Å². The van der Waals surface area contributed by atoms with Gasteiger partial charge in [-0.25, -0.2) is 8.42 Å². The average molecular weight is 342 g/mol. The molecular weight excluding hydrogens is 327 g/mol. The minimum atomic E-state index is -4.76. The van der Waals surface area contributed by atoms with Crippen molar-refractivity contribution in [2.75, 3.05) is 0 Å². The molecule has 0 aliphatic rings. The van der Waals surface area contributed by atoms with Gasteiger partial charge in [-0.3, -0.25) is 0 Å². The SMILES string of the molecule is CC(C)([13c]1[13cH][13cH][13c](O)[13cH][13cH]1)[13c]1[13cH][13cH][13c](OS(=O)(=O)[O-])[13cH][13cH]1.[Na+]. The van der Waals surface area contributed by atoms with Gasteiger partial charge in [-0.05, 0) is 35.4 Å². The van der Waals surface area contributed by atoms with Crippen LogP contribution in [0.25, 0.3) is 0 Å². The van der Waals surface area contributed by atoms with E-state index >= 15 is 0 Å². The molecule has 0 aliphatic carbocycles. The van der Waals surface area contributed by atoms with Crippen molar-refractivity contribution in [3.63, 3.8) is 0 Å². The zero-order chi connectivity index (χ0) is 15.7. The van der Waals surface area contributed by atoms with E-state index in [1.165, 1.54) is 12.1 Å². The molecular formula is C15H15NaO5S. The molecule has 2 aromatic rings. The number of rotatable bonds is 4. The van der Waals surface area contributed by atoms with E-state index in [4.69, 9.17) is 0 Å². The first kappa shape index (κ1) is 19.0. The zero-order valence-electron chi connectivity index (χ0n) is 12.6. The third-order valence-corrected chi connectivity index (χ3v) is 3.76. The van der Waals surface area contributed by atoms with E-state index in [0.29, 0.717) is 0 Å². The molecule has 0 aliphatic heterocycles. The zero-order valence-corrected chi connectivity index (χ0v) is 15.4. The van der Waals surface area contributed by atoms with Crippen LogP contribution >= 0.6 is 0 Å². The van der Waals surface area contributed by atoms with E-state index < -0.39 is 10.4 Å². The maximum atomic E-state index is 10.5. The van der Waals surface area contributed by atoms with Gasteiger partial charge in [0.1, 0.15) is 11.5 Å². The Hall–Kier alpha value is -1.05. The molecule has 0 spiro atoms. The fraction of sp³-hybridized carbons (Fsp3) is 0.200. The number of hydrogen-bond donors (Lipinski definition) is 1. The largest absolute Gasteiger partial charge is 1.00 e. The molecule has 2 rings (SSSR count). The third kappa shape index (κ3) is 4.72. The van der Waals surface area contributed by atoms with Gasteiger partial charge in [0, 0.05) is 5.41 Å². The molecule has 0 saturated heterocycles. The van der Waals surface area contributed by atoms with Crippen LogP contribution in [0, 0.1) is 0 Å². The van der Waals surface area contributed by atoms with Crippen LogP contribution in [0.15, 0.2) is 48.5 Å². The maximum Gasteiger partial charge on any atom is 1.00 e. The summed E-state index contributed by atoms with van der Waals surface area (Å²) in [5, 5.41) is 9.33. The molecule has 0 unspecified atom stereocenters. The van der Waals surface area contributed by atoms with Gasteiger partial charge in [-0.15, -0.1) is 0 Å². The minimum absolute atomic E-state index is 0. The molecule has 0 radical (unpaired) electrons. The summed E-state index contributed by atoms with van der Waals surface area (Å²) < 4.78 is 35.9. The average Bonchev–Trinajstić information content (AvgIpc) is 2.38. The Morgan fingerprint density at radius 2 is 1.36 bits per heavy atom. The van der Waals surface area contributed by atoms with Gasteiger partial charge >= 0.3 is 29.6 Å². The fourth-order valence-corrected chi connectivity index (χ4v) is 2.44. The van der Waals surface area contributed by atoms with Crippen LogP contribution < -0.4 is 33.7 Å². The van der Waals surface area contributed by atoms with E-state index in [1.54, 1.807) is 24.3 Å². The summed E-state index contributed by atoms with van der Waals surface area (Å²) in [5.41, 5.74) is 1.57. The van der Waals surface area contributed by atoms with Gasteiger partial charge in [0.2, 0.25) is 0 Å². The Kier molecular flexibility index (Phi) is 6.06. The van der Waals surface area contributed by atoms with Gasteiger partial charge in [0.05, 0.1) is 0 Å². The second-order valence-electron chi connectivity index (χ2n) is 5.19. The normalized spacial score (nSPS) is 11.6. The second kappa shape index (κ2) is 7.02. The molecule has 0 saturated carbocycles. The summed E-state index contributed by atoms with van der Waals surface area (Å²) in [5.74, 6) is 0.175. The molecule has 22 heavy (non-hydrogen) atoms. The van der Waals surface area contributed by atoms with Crippen molar-refractivity contribution in [1.82, 2.24) is 0 Å². The topological polar surface area (TPSA) is 86.7 Å². The van der Waals surface area contributed by atoms with Crippen LogP contribution in [0.5, 0.6) is 11.5 Å². The predicted octanol–water partition coefficient (Wildman–Crippen LogP) is -0.439. The van der Waals surface area contributed by atoms with Crippen LogP contribution in [0.3, 0.4) is 0 Å². The predicted molar refractivity (Wildman–Crippen MR) is 77.0 cm³/mol. The second-order valence-corrected chi connectivity index (χ2v) is 6.17. The quantitative estimate of drug-likeness (QED) is 0.463. The van der Waals surface area contributed by atoms with Crippen molar-refractivity contribution in [2.45, 2.75) is 19.3 Å². The number of hydrogen-bond acceptors (Lipinski definition) is 5. The Bertz CT molecular complexity index is 722. The molecule has 2 aromatic carbocycles. The van der Waals surface area contributed by atoms with Crippen LogP contribution in [0.2, 0.25) is 0 Å². The van der Waals surface area contributed by atoms with Crippen molar-refractivity contribution in [3.05, 3.63) is 59.7 Å². The summed E-state index contributed by atoms with van der Waals surface area (Å²) in [6.45, 7) is 4.00. The Morgan fingerprint density at radius 1 is 0.955 bits per heavy atom. The third-order valence-electron chi connectivity index (χ3n) is 3.36. The molecule has 0 heterocycles. The standard InChI is InChI=1S/C15H16O5S.Na/c1-15(2,11-3-7-13(16)8-4-11)12-5-9-14(10-6-12)20-21(17,18)19;/h3-10,16H,1-2H3,(H,17,18,19);/q;+1/p-1/i3+1,4+1,5+1,6+1,7+1,8+1,9+1,10+1,11+1,12+1,13+1,14+1;. The van der Waals surface area contributed by atoms with Crippen molar-refractivity contribution in [1.29, 1.82) is 0 Å². The number of aromatic hydroxyl groups is 1. The van der Waals surface area contributed by atoms with Gasteiger partial charge < -0.3 is 13.8 Å². The van der Waals surface area contributed by atoms with E-state index in [1.807, 2.05) is 26.0 Å². The van der Waals surface area contributed by atoms with Gasteiger partial charge in [0.25, 0.3) is 10.4 Å². The van der Waals surface area contributed by atoms with Gasteiger partial charge in [0.15, 0.2) is 0 Å². The molecule has 5 nitrogen and oxygen atoms in total. The molecule has 0 bridgehead atoms. The summed E-state index contributed by atoms with van der Waals surface area (Å²) in [6.07, 6.45) is 0. The first-order valence-corrected chi connectivity index (χ1v) is 7.57. The smallest absolute Gasteiger partial charge is 0.716 e. The van der Waals surface area contributed by atoms with Crippen molar-refractivity contribution >= 4 is 10.4 Å². The summed E-state index contributed by atoms with van der Waals surface area (Å²) in [6, 6.07) is 13.1. The Morgan fingerprint density at radius 3 is 1.77 bits per heavy atom. The Labute approximate surface area is 152 Å². The fourth-order valence-electron chi connectivity index (χ4n) is 2.09. The number of phenolic OH excluding ortho intramolecular Hbond substituents is 1. The number of phenols is 1. The molecule has 112 valence electrons. The summed E-state index contributed by atoms with van der Waals surface area (Å²) in [4.78, 5) is 0. The summed E-state index contributed by atoms with van der Waals surface area (Å²) >= 11 is 0. The van der Waals surface area contributed by atoms with E-state index in [9.17, 15) is 18.1 Å². The van der Waals surface area contributed by atoms with Crippen LogP contribution in [0.1, 0.15) is 25.0 Å². The molecule has 1 N–H and O–H groups in total. The first-order chi connectivity index (χ1) is 9.68. The van der Waals surface area contributed by atoms with Crippen LogP contribution in [-0.4, -0.2) is 18.1 Å². The van der Waals surface area contributed by atoms with Crippen molar-refractivity contribution in [2.24, 2.45) is 0 Å². The summed E-state index contributed by atoms with van der Waals surface area (Å²) in [7, 11) is -4.76. The van der Waals surface area contributed by atoms with Gasteiger partial charge in [-0.2, -0.15) is 0 Å². The number of benzene rings is 2. The van der Waals surface area contributed by atoms with E-state index in [2.05, 4.69) is 4.18 Å². The van der Waals surface area contributed by atoms with Crippen molar-refractivity contribution in [3.8, 4) is 11.5 Å². The molecule has 0 amide bonds. The molecule has 0 aromatic heterocycles. The van der Waals surface area contributed by atoms with E-state index in [-0.39, 0.29) is 46.5 Å². The molecule has 0 atom stereocenters. The van der Waals surface area contributed by atoms with Crippen molar-refractivity contribution < 1.29 is 51.8 Å². The first-order valence-electron chi connectivity index (χ1n) is 6.24. The maximum absolute atomic E-state index is 10.5. The Balaban J connectivity index is 0.00000242. The van der Waals surface area contributed by atoms with Gasteiger partial charge in [-0.1, -0.05) is 38.1 Å².